The summed E-state index contributed by atoms with van der Waals surface area (Å²) in [6.07, 6.45) is 6.04. The van der Waals surface area contributed by atoms with Crippen LogP contribution in [0.15, 0.2) is 49.3 Å². The molecule has 2 fully saturated rings. The molecule has 1 atom stereocenters. The molecule has 2 aliphatic rings. The number of piperazine rings is 1. The van der Waals surface area contributed by atoms with Crippen molar-refractivity contribution in [2.45, 2.75) is 18.9 Å². The van der Waals surface area contributed by atoms with Gasteiger partial charge in [0.25, 0.3) is 0 Å². The highest BCUT2D eigenvalue weighted by molar-refractivity contribution is 6.02. The van der Waals surface area contributed by atoms with Crippen LogP contribution < -0.4 is 16.0 Å². The lowest BCUT2D eigenvalue weighted by Gasteiger charge is -2.33. The van der Waals surface area contributed by atoms with Crippen LogP contribution in [-0.2, 0) is 9.59 Å². The van der Waals surface area contributed by atoms with E-state index in [9.17, 15) is 18.8 Å². The monoisotopic (exact) mass is 492 g/mol. The molecular formula is C24H25FN8O3. The van der Waals surface area contributed by atoms with Gasteiger partial charge in [-0.2, -0.15) is 0 Å². The number of para-hydroxylation sites is 1. The summed E-state index contributed by atoms with van der Waals surface area (Å²) in [5.74, 6) is -0.0272. The van der Waals surface area contributed by atoms with E-state index in [-0.39, 0.29) is 49.0 Å². The number of nitrogens with zero attached hydrogens (tertiary/aromatic N) is 6. The van der Waals surface area contributed by atoms with Crippen molar-refractivity contribution in [2.24, 2.45) is 0 Å². The minimum Gasteiger partial charge on any atom is -0.382 e. The van der Waals surface area contributed by atoms with Crippen LogP contribution in [0, 0.1) is 5.82 Å². The van der Waals surface area contributed by atoms with Crippen LogP contribution in [0.2, 0.25) is 0 Å². The van der Waals surface area contributed by atoms with Crippen LogP contribution in [0.4, 0.5) is 26.5 Å². The summed E-state index contributed by atoms with van der Waals surface area (Å²) in [6.45, 7) is 4.30. The summed E-state index contributed by atoms with van der Waals surface area (Å²) >= 11 is 0. The quantitative estimate of drug-likeness (QED) is 0.537. The van der Waals surface area contributed by atoms with Gasteiger partial charge in [0.05, 0.1) is 11.7 Å². The Bertz CT molecular complexity index is 1370. The number of nitrogen functional groups attached to an aromatic ring is 1. The Balaban J connectivity index is 1.42. The van der Waals surface area contributed by atoms with Crippen molar-refractivity contribution in [2.75, 3.05) is 42.1 Å². The molecule has 12 heteroatoms. The Hall–Kier alpha value is -4.48. The number of halogens is 1. The molecule has 0 spiro atoms. The fourth-order valence-electron chi connectivity index (χ4n) is 4.73. The first-order valence-corrected chi connectivity index (χ1v) is 11.6. The van der Waals surface area contributed by atoms with Gasteiger partial charge in [0.15, 0.2) is 11.6 Å². The van der Waals surface area contributed by atoms with Gasteiger partial charge in [0.2, 0.25) is 11.8 Å². The van der Waals surface area contributed by atoms with Crippen LogP contribution in [0.25, 0.3) is 5.52 Å². The van der Waals surface area contributed by atoms with Gasteiger partial charge >= 0.3 is 6.03 Å². The molecule has 0 bridgehead atoms. The average Bonchev–Trinajstić information content (AvgIpc) is 3.50. The summed E-state index contributed by atoms with van der Waals surface area (Å²) in [7, 11) is 0. The highest BCUT2D eigenvalue weighted by atomic mass is 19.1. The number of rotatable bonds is 4. The number of benzene rings is 1. The predicted molar refractivity (Wildman–Crippen MR) is 131 cm³/mol. The summed E-state index contributed by atoms with van der Waals surface area (Å²) in [5, 5.41) is 2.50. The molecule has 5 rings (SSSR count). The number of aromatic nitrogens is 3. The molecule has 0 radical (unpaired) electrons. The second kappa shape index (κ2) is 9.29. The smallest absolute Gasteiger partial charge is 0.322 e. The average molecular weight is 493 g/mol. The zero-order valence-electron chi connectivity index (χ0n) is 19.4. The molecule has 4 amide bonds. The van der Waals surface area contributed by atoms with Crippen molar-refractivity contribution >= 4 is 40.7 Å². The Morgan fingerprint density at radius 2 is 2.03 bits per heavy atom. The Morgan fingerprint density at radius 3 is 2.78 bits per heavy atom. The third kappa shape index (κ3) is 4.00. The number of anilines is 3. The third-order valence-corrected chi connectivity index (χ3v) is 6.48. The van der Waals surface area contributed by atoms with Gasteiger partial charge in [-0.05, 0) is 31.1 Å². The number of hydrogen-bond donors (Lipinski definition) is 2. The van der Waals surface area contributed by atoms with E-state index in [2.05, 4.69) is 16.9 Å². The number of hydrogen-bond acceptors (Lipinski definition) is 6. The van der Waals surface area contributed by atoms with Gasteiger partial charge in [0.1, 0.15) is 23.7 Å². The van der Waals surface area contributed by atoms with Crippen molar-refractivity contribution in [3.63, 3.8) is 0 Å². The fourth-order valence-corrected chi connectivity index (χ4v) is 4.73. The fraction of sp³-hybridized carbons (Fsp3) is 0.292. The summed E-state index contributed by atoms with van der Waals surface area (Å²) < 4.78 is 15.7. The van der Waals surface area contributed by atoms with Crippen LogP contribution in [0.3, 0.4) is 0 Å². The van der Waals surface area contributed by atoms with Crippen molar-refractivity contribution in [3.8, 4) is 0 Å². The van der Waals surface area contributed by atoms with E-state index in [0.717, 1.165) is 6.42 Å². The van der Waals surface area contributed by atoms with E-state index in [1.807, 2.05) is 0 Å². The molecule has 11 nitrogen and oxygen atoms in total. The molecule has 2 aliphatic heterocycles. The number of carbonyl (C=O) groups excluding carboxylic acids is 3. The first-order chi connectivity index (χ1) is 17.4. The number of imidazole rings is 1. The van der Waals surface area contributed by atoms with Crippen LogP contribution in [0.5, 0.6) is 0 Å². The predicted octanol–water partition coefficient (Wildman–Crippen LogP) is 2.18. The van der Waals surface area contributed by atoms with Gasteiger partial charge in [-0.15, -0.1) is 0 Å². The largest absolute Gasteiger partial charge is 0.382 e. The van der Waals surface area contributed by atoms with E-state index >= 15 is 0 Å². The number of nitrogens with one attached hydrogen (secondary N) is 1. The van der Waals surface area contributed by atoms with Gasteiger partial charge in [-0.3, -0.25) is 18.9 Å². The topological polar surface area (TPSA) is 129 Å². The van der Waals surface area contributed by atoms with Gasteiger partial charge < -0.3 is 20.9 Å². The van der Waals surface area contributed by atoms with E-state index in [1.165, 1.54) is 34.1 Å². The van der Waals surface area contributed by atoms with Crippen molar-refractivity contribution < 1.29 is 18.8 Å². The molecule has 0 saturated carbocycles. The molecule has 3 aromatic rings. The molecule has 0 aliphatic carbocycles. The summed E-state index contributed by atoms with van der Waals surface area (Å²) in [6, 6.07) is 4.94. The van der Waals surface area contributed by atoms with Crippen LogP contribution in [-0.4, -0.2) is 68.2 Å². The standard InChI is InChI=1S/C24H25FN8O3/c1-2-18(34)31-10-5-8-17(31)22-29-23(20-21(26)27-9-11-33(20)22)32-13-12-30(14-19(32)35)24(36)28-16-7-4-3-6-15(16)25/h2-4,6-7,9,11,17H,1,5,8,10,12-14H2,(H2,26,27)(H,28,36). The van der Waals surface area contributed by atoms with Crippen LogP contribution in [0.1, 0.15) is 24.7 Å². The minimum absolute atomic E-state index is 0.0381. The summed E-state index contributed by atoms with van der Waals surface area (Å²) in [4.78, 5) is 51.7. The Labute approximate surface area is 206 Å². The van der Waals surface area contributed by atoms with Crippen molar-refractivity contribution in [1.29, 1.82) is 0 Å². The number of nitrogens with two attached hydrogens (primary N) is 1. The molecule has 2 saturated heterocycles. The normalized spacial score (nSPS) is 18.1. The number of carbonyl (C=O) groups is 3. The first-order valence-electron chi connectivity index (χ1n) is 11.6. The maximum absolute atomic E-state index is 13.9. The zero-order valence-corrected chi connectivity index (χ0v) is 19.4. The molecular weight excluding hydrogens is 467 g/mol. The number of likely N-dealkylation sites (tertiary alicyclic amines) is 1. The highest BCUT2D eigenvalue weighted by Crippen LogP contribution is 2.36. The zero-order chi connectivity index (χ0) is 25.4. The second-order valence-electron chi connectivity index (χ2n) is 8.60. The molecule has 1 unspecified atom stereocenters. The SMILES string of the molecule is C=CC(=O)N1CCCC1c1nc(N2CCN(C(=O)Nc3ccccc3F)CC2=O)c2c(N)nccn12. The van der Waals surface area contributed by atoms with E-state index in [4.69, 9.17) is 10.7 Å². The lowest BCUT2D eigenvalue weighted by Crippen LogP contribution is -2.53. The highest BCUT2D eigenvalue weighted by Gasteiger charge is 2.36. The van der Waals surface area contributed by atoms with Crippen molar-refractivity contribution in [1.82, 2.24) is 24.2 Å². The van der Waals surface area contributed by atoms with E-state index in [1.54, 1.807) is 27.8 Å². The Morgan fingerprint density at radius 1 is 1.22 bits per heavy atom. The second-order valence-corrected chi connectivity index (χ2v) is 8.60. The molecule has 186 valence electrons. The molecule has 4 heterocycles. The molecule has 1 aromatic carbocycles. The van der Waals surface area contributed by atoms with Crippen molar-refractivity contribution in [3.05, 3.63) is 61.0 Å². The lowest BCUT2D eigenvalue weighted by molar-refractivity contribution is -0.127. The van der Waals surface area contributed by atoms with Gasteiger partial charge in [0, 0.05) is 32.0 Å². The van der Waals surface area contributed by atoms with Gasteiger partial charge in [-0.25, -0.2) is 19.2 Å². The molecule has 3 N–H and O–H groups in total. The number of fused-ring (bicyclic) bond motifs is 1. The molecule has 36 heavy (non-hydrogen) atoms. The maximum atomic E-state index is 13.9. The summed E-state index contributed by atoms with van der Waals surface area (Å²) in [5.41, 5.74) is 6.70. The lowest BCUT2D eigenvalue weighted by atomic mass is 10.2. The molecule has 2 aromatic heterocycles. The third-order valence-electron chi connectivity index (χ3n) is 6.48. The number of amides is 4. The van der Waals surface area contributed by atoms with Gasteiger partial charge in [-0.1, -0.05) is 18.7 Å². The maximum Gasteiger partial charge on any atom is 0.322 e. The number of urea groups is 1. The minimum atomic E-state index is -0.575. The van der Waals surface area contributed by atoms with E-state index in [0.29, 0.717) is 30.1 Å². The van der Waals surface area contributed by atoms with Crippen LogP contribution >= 0.6 is 0 Å². The first kappa shape index (κ1) is 23.3. The van der Waals surface area contributed by atoms with E-state index < -0.39 is 11.8 Å². The Kier molecular flexibility index (Phi) is 6.00.